The smallest absolute Gasteiger partial charge is 0.303 e. The zero-order valence-electron chi connectivity index (χ0n) is 17.2. The van der Waals surface area contributed by atoms with E-state index >= 15 is 0 Å². The molecule has 3 aromatic rings. The Labute approximate surface area is 179 Å². The van der Waals surface area contributed by atoms with E-state index in [9.17, 15) is 9.18 Å². The van der Waals surface area contributed by atoms with Gasteiger partial charge in [-0.15, -0.1) is 0 Å². The van der Waals surface area contributed by atoms with Gasteiger partial charge in [-0.05, 0) is 78.8 Å². The Kier molecular flexibility index (Phi) is 7.05. The summed E-state index contributed by atoms with van der Waals surface area (Å²) in [4.78, 5) is 11.4. The molecule has 0 saturated heterocycles. The molecular weight excluding hydrogens is 405 g/mol. The van der Waals surface area contributed by atoms with Gasteiger partial charge in [0, 0.05) is 17.5 Å². The number of aromatic nitrogens is 1. The van der Waals surface area contributed by atoms with Crippen molar-refractivity contribution in [1.29, 1.82) is 0 Å². The van der Waals surface area contributed by atoms with Crippen LogP contribution in [0.4, 0.5) is 4.39 Å². The normalized spacial score (nSPS) is 10.8. The summed E-state index contributed by atoms with van der Waals surface area (Å²) in [7, 11) is 1.61. The Hall–Kier alpha value is -2.93. The molecule has 30 heavy (non-hydrogen) atoms. The van der Waals surface area contributed by atoms with Crippen LogP contribution < -0.4 is 9.47 Å². The zero-order valence-corrected chi connectivity index (χ0v) is 18.0. The maximum absolute atomic E-state index is 13.6. The highest BCUT2D eigenvalue weighted by Crippen LogP contribution is 2.32. The molecule has 0 atom stereocenters. The number of methoxy groups -OCH3 is 1. The van der Waals surface area contributed by atoms with Gasteiger partial charge in [-0.25, -0.2) is 4.39 Å². The third-order valence-electron chi connectivity index (χ3n) is 5.18. The molecule has 0 radical (unpaired) electrons. The number of halogens is 1. The topological polar surface area (TPSA) is 68.7 Å². The van der Waals surface area contributed by atoms with Gasteiger partial charge < -0.3 is 14.6 Å². The van der Waals surface area contributed by atoms with Crippen molar-refractivity contribution in [1.82, 2.24) is 4.37 Å². The highest BCUT2D eigenvalue weighted by molar-refractivity contribution is 7.06. The number of carboxylic acids is 1. The Balaban J connectivity index is 1.82. The molecule has 0 aliphatic heterocycles. The number of hydrogen-bond acceptors (Lipinski definition) is 5. The Morgan fingerprint density at radius 1 is 1.13 bits per heavy atom. The van der Waals surface area contributed by atoms with E-state index in [-0.39, 0.29) is 13.0 Å². The molecule has 0 aliphatic carbocycles. The number of nitrogens with zero attached hydrogens (tertiary/aromatic N) is 1. The highest BCUT2D eigenvalue weighted by atomic mass is 32.1. The van der Waals surface area contributed by atoms with Crippen LogP contribution in [-0.4, -0.2) is 22.6 Å². The minimum absolute atomic E-state index is 0.0894. The fraction of sp³-hybridized carbons (Fsp3) is 0.304. The van der Waals surface area contributed by atoms with Gasteiger partial charge in [0.25, 0.3) is 0 Å². The fourth-order valence-electron chi connectivity index (χ4n) is 3.24. The molecule has 0 bridgehead atoms. The lowest BCUT2D eigenvalue weighted by Crippen LogP contribution is -2.04. The number of alkyl halides is 1. The molecule has 7 heteroatoms. The van der Waals surface area contributed by atoms with Crippen LogP contribution in [0.1, 0.15) is 33.6 Å². The van der Waals surface area contributed by atoms with Crippen molar-refractivity contribution in [3.63, 3.8) is 0 Å². The predicted octanol–water partition coefficient (Wildman–Crippen LogP) is 5.50. The summed E-state index contributed by atoms with van der Waals surface area (Å²) in [6, 6.07) is 11.2. The van der Waals surface area contributed by atoms with E-state index in [4.69, 9.17) is 14.6 Å². The van der Waals surface area contributed by atoms with Crippen LogP contribution in [0.2, 0.25) is 0 Å². The van der Waals surface area contributed by atoms with E-state index in [1.54, 1.807) is 7.11 Å². The second kappa shape index (κ2) is 9.71. The van der Waals surface area contributed by atoms with Crippen molar-refractivity contribution in [2.24, 2.45) is 0 Å². The summed E-state index contributed by atoms with van der Waals surface area (Å²) in [5.74, 6) is 0.622. The first kappa shape index (κ1) is 21.8. The van der Waals surface area contributed by atoms with Crippen LogP contribution in [-0.2, 0) is 24.5 Å². The summed E-state index contributed by atoms with van der Waals surface area (Å²) in [6.07, 6.45) is 0.566. The van der Waals surface area contributed by atoms with Crippen LogP contribution >= 0.6 is 11.5 Å². The summed E-state index contributed by atoms with van der Waals surface area (Å²) in [5.41, 5.74) is 5.28. The van der Waals surface area contributed by atoms with Crippen LogP contribution in [0.15, 0.2) is 36.4 Å². The average Bonchev–Trinajstić information content (AvgIpc) is 3.17. The quantitative estimate of drug-likeness (QED) is 0.486. The largest absolute Gasteiger partial charge is 0.497 e. The highest BCUT2D eigenvalue weighted by Gasteiger charge is 2.17. The SMILES string of the molecule is COc1ccc(-c2nsc(CF)c2COc2ccc(CCC(=O)O)c(C)c2C)cc1. The predicted molar refractivity (Wildman–Crippen MR) is 115 cm³/mol. The van der Waals surface area contributed by atoms with Crippen molar-refractivity contribution in [3.8, 4) is 22.8 Å². The fourth-order valence-corrected chi connectivity index (χ4v) is 3.98. The third kappa shape index (κ3) is 4.79. The lowest BCUT2D eigenvalue weighted by atomic mass is 9.99. The Morgan fingerprint density at radius 3 is 2.50 bits per heavy atom. The van der Waals surface area contributed by atoms with Gasteiger partial charge >= 0.3 is 5.97 Å². The number of benzene rings is 2. The van der Waals surface area contributed by atoms with Gasteiger partial charge in [0.15, 0.2) is 0 Å². The van der Waals surface area contributed by atoms with Gasteiger partial charge in [-0.1, -0.05) is 6.07 Å². The van der Waals surface area contributed by atoms with Gasteiger partial charge in [-0.2, -0.15) is 4.37 Å². The first-order valence-electron chi connectivity index (χ1n) is 9.56. The molecule has 5 nitrogen and oxygen atoms in total. The second-order valence-electron chi connectivity index (χ2n) is 6.95. The first-order valence-corrected chi connectivity index (χ1v) is 10.3. The van der Waals surface area contributed by atoms with E-state index in [0.29, 0.717) is 22.7 Å². The summed E-state index contributed by atoms with van der Waals surface area (Å²) >= 11 is 1.14. The molecule has 1 heterocycles. The number of aliphatic carboxylic acids is 1. The number of ether oxygens (including phenoxy) is 2. The van der Waals surface area contributed by atoms with Crippen molar-refractivity contribution < 1.29 is 23.8 Å². The third-order valence-corrected chi connectivity index (χ3v) is 6.03. The minimum atomic E-state index is -0.817. The van der Waals surface area contributed by atoms with Crippen molar-refractivity contribution in [3.05, 3.63) is 63.5 Å². The number of hydrogen-bond donors (Lipinski definition) is 1. The molecular formula is C23H24FNO4S. The summed E-state index contributed by atoms with van der Waals surface area (Å²) < 4.78 is 29.2. The van der Waals surface area contributed by atoms with Crippen molar-refractivity contribution in [2.75, 3.05) is 7.11 Å². The van der Waals surface area contributed by atoms with Gasteiger partial charge in [0.05, 0.1) is 17.7 Å². The maximum atomic E-state index is 13.6. The van der Waals surface area contributed by atoms with Crippen LogP contribution in [0, 0.1) is 13.8 Å². The van der Waals surface area contributed by atoms with E-state index in [0.717, 1.165) is 45.1 Å². The molecule has 2 aromatic carbocycles. The molecule has 158 valence electrons. The molecule has 1 aromatic heterocycles. The van der Waals surface area contributed by atoms with Crippen LogP contribution in [0.5, 0.6) is 11.5 Å². The number of carboxylic acid groups (broad SMARTS) is 1. The molecule has 0 amide bonds. The van der Waals surface area contributed by atoms with Crippen LogP contribution in [0.3, 0.4) is 0 Å². The summed E-state index contributed by atoms with van der Waals surface area (Å²) in [6.45, 7) is 3.51. The maximum Gasteiger partial charge on any atom is 0.303 e. The number of rotatable bonds is 9. The molecule has 0 spiro atoms. The van der Waals surface area contributed by atoms with Gasteiger partial charge in [0.1, 0.15) is 24.8 Å². The molecule has 3 rings (SSSR count). The lowest BCUT2D eigenvalue weighted by Gasteiger charge is -2.15. The molecule has 0 unspecified atom stereocenters. The van der Waals surface area contributed by atoms with Gasteiger partial charge in [-0.3, -0.25) is 4.79 Å². The first-order chi connectivity index (χ1) is 14.4. The summed E-state index contributed by atoms with van der Waals surface area (Å²) in [5, 5.41) is 8.91. The average molecular weight is 430 g/mol. The van der Waals surface area contributed by atoms with E-state index in [1.807, 2.05) is 50.2 Å². The monoisotopic (exact) mass is 429 g/mol. The van der Waals surface area contributed by atoms with E-state index in [2.05, 4.69) is 4.37 Å². The molecule has 0 aliphatic rings. The lowest BCUT2D eigenvalue weighted by molar-refractivity contribution is -0.136. The molecule has 1 N–H and O–H groups in total. The number of aryl methyl sites for hydroxylation is 1. The number of carbonyl (C=O) groups is 1. The standard InChI is InChI=1S/C23H24FNO4S/c1-14-15(2)20(10-6-16(14)7-11-22(26)27)29-13-19-21(12-24)30-25-23(19)17-4-8-18(28-3)9-5-17/h4-6,8-10H,7,11-13H2,1-3H3,(H,26,27). The second-order valence-corrected chi connectivity index (χ2v) is 7.81. The minimum Gasteiger partial charge on any atom is -0.497 e. The van der Waals surface area contributed by atoms with Gasteiger partial charge in [0.2, 0.25) is 0 Å². The van der Waals surface area contributed by atoms with Crippen molar-refractivity contribution in [2.45, 2.75) is 40.0 Å². The zero-order chi connectivity index (χ0) is 21.7. The van der Waals surface area contributed by atoms with E-state index < -0.39 is 12.6 Å². The van der Waals surface area contributed by atoms with Crippen molar-refractivity contribution >= 4 is 17.5 Å². The molecule has 0 saturated carbocycles. The van der Waals surface area contributed by atoms with Crippen LogP contribution in [0.25, 0.3) is 11.3 Å². The van der Waals surface area contributed by atoms with E-state index in [1.165, 1.54) is 0 Å². The Morgan fingerprint density at radius 2 is 1.87 bits per heavy atom. The Bertz CT molecular complexity index is 1030. The molecule has 0 fully saturated rings.